The number of amides is 2. The number of ether oxygens (including phenoxy) is 2. The summed E-state index contributed by atoms with van der Waals surface area (Å²) in [6.07, 6.45) is 0.134. The van der Waals surface area contributed by atoms with Crippen LogP contribution in [-0.4, -0.2) is 40.5 Å². The number of hydrogen-bond donors (Lipinski definition) is 1. The fourth-order valence-electron chi connectivity index (χ4n) is 2.97. The van der Waals surface area contributed by atoms with Crippen LogP contribution in [0.2, 0.25) is 0 Å². The molecule has 2 aromatic carbocycles. The van der Waals surface area contributed by atoms with Crippen LogP contribution >= 0.6 is 34.4 Å². The highest BCUT2D eigenvalue weighted by molar-refractivity contribution is 14.1. The molecular formula is C20H18IN3O4S. The second-order valence-electron chi connectivity index (χ2n) is 6.38. The second-order valence-corrected chi connectivity index (χ2v) is 8.79. The number of hydrogen-bond acceptors (Lipinski definition) is 6. The second kappa shape index (κ2) is 8.62. The summed E-state index contributed by atoms with van der Waals surface area (Å²) in [7, 11) is 0. The first kappa shape index (κ1) is 20.0. The van der Waals surface area contributed by atoms with Crippen molar-refractivity contribution in [3.63, 3.8) is 0 Å². The third-order valence-electron chi connectivity index (χ3n) is 4.44. The largest absolute Gasteiger partial charge is 0.454 e. The van der Waals surface area contributed by atoms with Crippen molar-refractivity contribution >= 4 is 62.7 Å². The zero-order valence-electron chi connectivity index (χ0n) is 15.6. The summed E-state index contributed by atoms with van der Waals surface area (Å²) < 4.78 is 11.8. The normalized spacial score (nSPS) is 19.5. The van der Waals surface area contributed by atoms with E-state index in [9.17, 15) is 9.59 Å². The molecule has 2 heterocycles. The maximum absolute atomic E-state index is 12.7. The molecule has 2 amide bonds. The van der Waals surface area contributed by atoms with E-state index >= 15 is 0 Å². The standard InChI is InChI=1S/C20H18IN3O4S/c1-2-24-18(25)10-17(19(26)22-13-5-3-12(21)4-6-13)29-20(24)23-14-7-8-15-16(9-14)28-11-27-15/h3-9,17H,2,10-11H2,1H3,(H,22,26)/t17-/m1/s1. The van der Waals surface area contributed by atoms with Gasteiger partial charge in [-0.05, 0) is 65.9 Å². The van der Waals surface area contributed by atoms with Crippen molar-refractivity contribution < 1.29 is 19.1 Å². The van der Waals surface area contributed by atoms with Crippen molar-refractivity contribution in [3.8, 4) is 11.5 Å². The van der Waals surface area contributed by atoms with E-state index in [0.717, 1.165) is 3.57 Å². The van der Waals surface area contributed by atoms with Crippen molar-refractivity contribution in [2.45, 2.75) is 18.6 Å². The van der Waals surface area contributed by atoms with E-state index in [-0.39, 0.29) is 25.0 Å². The predicted molar refractivity (Wildman–Crippen MR) is 121 cm³/mol. The van der Waals surface area contributed by atoms with Crippen LogP contribution in [0, 0.1) is 3.57 Å². The molecule has 0 aliphatic carbocycles. The number of aliphatic imine (C=N–C) groups is 1. The average molecular weight is 523 g/mol. The van der Waals surface area contributed by atoms with E-state index in [1.54, 1.807) is 23.1 Å². The van der Waals surface area contributed by atoms with Crippen LogP contribution in [-0.2, 0) is 9.59 Å². The molecule has 0 unspecified atom stereocenters. The summed E-state index contributed by atoms with van der Waals surface area (Å²) in [5.74, 6) is 0.964. The van der Waals surface area contributed by atoms with Crippen LogP contribution in [0.3, 0.4) is 0 Å². The van der Waals surface area contributed by atoms with Crippen molar-refractivity contribution in [3.05, 3.63) is 46.0 Å². The fourth-order valence-corrected chi connectivity index (χ4v) is 4.50. The van der Waals surface area contributed by atoms with Crippen LogP contribution < -0.4 is 14.8 Å². The molecule has 29 heavy (non-hydrogen) atoms. The SMILES string of the molecule is CCN1C(=O)C[C@H](C(=O)Nc2ccc(I)cc2)SC1=Nc1ccc2c(c1)OCO2. The van der Waals surface area contributed by atoms with Gasteiger partial charge in [0.1, 0.15) is 5.25 Å². The smallest absolute Gasteiger partial charge is 0.238 e. The summed E-state index contributed by atoms with van der Waals surface area (Å²) in [6, 6.07) is 12.9. The number of amidine groups is 1. The highest BCUT2D eigenvalue weighted by Crippen LogP contribution is 2.36. The molecule has 1 fully saturated rings. The average Bonchev–Trinajstić information content (AvgIpc) is 3.17. The highest BCUT2D eigenvalue weighted by atomic mass is 127. The molecular weight excluding hydrogens is 505 g/mol. The maximum Gasteiger partial charge on any atom is 0.238 e. The minimum absolute atomic E-state index is 0.117. The van der Waals surface area contributed by atoms with Gasteiger partial charge in [0.25, 0.3) is 0 Å². The third kappa shape index (κ3) is 4.50. The number of rotatable bonds is 4. The number of fused-ring (bicyclic) bond motifs is 1. The lowest BCUT2D eigenvalue weighted by atomic mass is 10.2. The number of thioether (sulfide) groups is 1. The Hall–Kier alpha value is -2.27. The quantitative estimate of drug-likeness (QED) is 0.614. The molecule has 9 heteroatoms. The van der Waals surface area contributed by atoms with E-state index in [1.165, 1.54) is 11.8 Å². The van der Waals surface area contributed by atoms with Crippen molar-refractivity contribution in [2.75, 3.05) is 18.7 Å². The van der Waals surface area contributed by atoms with Crippen LogP contribution in [0.15, 0.2) is 47.5 Å². The van der Waals surface area contributed by atoms with Crippen LogP contribution in [0.4, 0.5) is 11.4 Å². The maximum atomic E-state index is 12.7. The lowest BCUT2D eigenvalue weighted by Gasteiger charge is -2.30. The Morgan fingerprint density at radius 2 is 2.00 bits per heavy atom. The van der Waals surface area contributed by atoms with Crippen LogP contribution in [0.5, 0.6) is 11.5 Å². The summed E-state index contributed by atoms with van der Waals surface area (Å²) in [5, 5.41) is 2.85. The van der Waals surface area contributed by atoms with E-state index in [4.69, 9.17) is 9.47 Å². The molecule has 2 aliphatic rings. The van der Waals surface area contributed by atoms with Gasteiger partial charge >= 0.3 is 0 Å². The molecule has 0 saturated carbocycles. The molecule has 2 aliphatic heterocycles. The summed E-state index contributed by atoms with van der Waals surface area (Å²) in [4.78, 5) is 31.6. The van der Waals surface area contributed by atoms with Gasteiger partial charge < -0.3 is 14.8 Å². The monoisotopic (exact) mass is 523 g/mol. The first-order valence-electron chi connectivity index (χ1n) is 9.05. The van der Waals surface area contributed by atoms with Crippen molar-refractivity contribution in [2.24, 2.45) is 4.99 Å². The molecule has 2 aromatic rings. The van der Waals surface area contributed by atoms with E-state index in [0.29, 0.717) is 34.6 Å². The summed E-state index contributed by atoms with van der Waals surface area (Å²) in [5.41, 5.74) is 1.34. The number of nitrogens with one attached hydrogen (secondary N) is 1. The number of carbonyl (C=O) groups excluding carboxylic acids is 2. The van der Waals surface area contributed by atoms with Gasteiger partial charge in [0.2, 0.25) is 18.6 Å². The Kier molecular flexibility index (Phi) is 5.95. The number of benzene rings is 2. The first-order chi connectivity index (χ1) is 14.0. The van der Waals surface area contributed by atoms with Gasteiger partial charge in [-0.25, -0.2) is 4.99 Å². The Morgan fingerprint density at radius 3 is 2.76 bits per heavy atom. The Labute approximate surface area is 186 Å². The molecule has 7 nitrogen and oxygen atoms in total. The van der Waals surface area contributed by atoms with Crippen LogP contribution in [0.1, 0.15) is 13.3 Å². The molecule has 1 atom stereocenters. The molecule has 0 aromatic heterocycles. The Bertz CT molecular complexity index is 980. The zero-order valence-corrected chi connectivity index (χ0v) is 18.5. The fraction of sp³-hybridized carbons (Fsp3) is 0.250. The highest BCUT2D eigenvalue weighted by Gasteiger charge is 2.35. The molecule has 1 N–H and O–H groups in total. The van der Waals surface area contributed by atoms with Crippen LogP contribution in [0.25, 0.3) is 0 Å². The van der Waals surface area contributed by atoms with Gasteiger partial charge in [-0.1, -0.05) is 11.8 Å². The summed E-state index contributed by atoms with van der Waals surface area (Å²) in [6.45, 7) is 2.56. The third-order valence-corrected chi connectivity index (χ3v) is 6.35. The van der Waals surface area contributed by atoms with E-state index in [1.807, 2.05) is 31.2 Å². The topological polar surface area (TPSA) is 80.2 Å². The van der Waals surface area contributed by atoms with Gasteiger partial charge in [0, 0.05) is 28.3 Å². The lowest BCUT2D eigenvalue weighted by molar-refractivity contribution is -0.129. The molecule has 0 spiro atoms. The zero-order chi connectivity index (χ0) is 20.4. The molecule has 150 valence electrons. The van der Waals surface area contributed by atoms with Gasteiger partial charge in [0.05, 0.1) is 5.69 Å². The van der Waals surface area contributed by atoms with Crippen molar-refractivity contribution in [1.29, 1.82) is 0 Å². The number of anilines is 1. The van der Waals surface area contributed by atoms with Gasteiger partial charge in [-0.3, -0.25) is 14.5 Å². The Balaban J connectivity index is 1.55. The minimum atomic E-state index is -0.544. The first-order valence-corrected chi connectivity index (χ1v) is 11.0. The van der Waals surface area contributed by atoms with E-state index in [2.05, 4.69) is 32.9 Å². The Morgan fingerprint density at radius 1 is 1.24 bits per heavy atom. The minimum Gasteiger partial charge on any atom is -0.454 e. The van der Waals surface area contributed by atoms with Gasteiger partial charge in [0.15, 0.2) is 16.7 Å². The number of halogens is 1. The molecule has 1 saturated heterocycles. The van der Waals surface area contributed by atoms with Gasteiger partial charge in [-0.2, -0.15) is 0 Å². The number of carbonyl (C=O) groups is 2. The summed E-state index contributed by atoms with van der Waals surface area (Å²) >= 11 is 3.50. The van der Waals surface area contributed by atoms with E-state index < -0.39 is 5.25 Å². The molecule has 0 bridgehead atoms. The predicted octanol–water partition coefficient (Wildman–Crippen LogP) is 4.00. The van der Waals surface area contributed by atoms with Gasteiger partial charge in [-0.15, -0.1) is 0 Å². The van der Waals surface area contributed by atoms with Crippen molar-refractivity contribution in [1.82, 2.24) is 4.90 Å². The molecule has 0 radical (unpaired) electrons. The lowest BCUT2D eigenvalue weighted by Crippen LogP contribution is -2.45. The number of nitrogens with zero attached hydrogens (tertiary/aromatic N) is 2. The molecule has 4 rings (SSSR count).